The first kappa shape index (κ1) is 23.4. The molecule has 2 amide bonds. The molecule has 186 valence electrons. The third kappa shape index (κ3) is 4.27. The van der Waals surface area contributed by atoms with E-state index in [1.165, 1.54) is 0 Å². The lowest BCUT2D eigenvalue weighted by Gasteiger charge is -2.39. The fourth-order valence-electron chi connectivity index (χ4n) is 5.13. The van der Waals surface area contributed by atoms with Gasteiger partial charge in [0.05, 0.1) is 24.2 Å². The molecular weight excluding hydrogens is 486 g/mol. The summed E-state index contributed by atoms with van der Waals surface area (Å²) >= 11 is 6.39. The highest BCUT2D eigenvalue weighted by Gasteiger charge is 2.40. The van der Waals surface area contributed by atoms with Gasteiger partial charge in [-0.2, -0.15) is 0 Å². The van der Waals surface area contributed by atoms with Crippen molar-refractivity contribution in [1.29, 1.82) is 0 Å². The summed E-state index contributed by atoms with van der Waals surface area (Å²) in [5.74, 6) is 0.396. The number of rotatable bonds is 6. The third-order valence-electron chi connectivity index (χ3n) is 7.04. The molecule has 2 heterocycles. The summed E-state index contributed by atoms with van der Waals surface area (Å²) in [6.45, 7) is -0.0123. The normalized spacial score (nSPS) is 16.1. The number of fused-ring (bicyclic) bond motifs is 3. The Morgan fingerprint density at radius 2 is 1.70 bits per heavy atom. The van der Waals surface area contributed by atoms with Crippen LogP contribution in [-0.4, -0.2) is 41.0 Å². The van der Waals surface area contributed by atoms with Crippen molar-refractivity contribution in [1.82, 2.24) is 9.47 Å². The average molecular weight is 512 g/mol. The number of carbonyl (C=O) groups is 2. The van der Waals surface area contributed by atoms with E-state index in [-0.39, 0.29) is 30.4 Å². The van der Waals surface area contributed by atoms with E-state index in [1.807, 2.05) is 71.8 Å². The largest absolute Gasteiger partial charge is 0.497 e. The number of halogens is 1. The molecule has 3 aromatic carbocycles. The van der Waals surface area contributed by atoms with Crippen molar-refractivity contribution in [2.24, 2.45) is 0 Å². The summed E-state index contributed by atoms with van der Waals surface area (Å²) in [6.07, 6.45) is 3.80. The lowest BCUT2D eigenvalue weighted by Crippen LogP contribution is -2.47. The second-order valence-corrected chi connectivity index (χ2v) is 9.84. The first-order chi connectivity index (χ1) is 18.0. The number of carbonyl (C=O) groups excluding carboxylic acids is 2. The van der Waals surface area contributed by atoms with Gasteiger partial charge in [-0.25, -0.2) is 0 Å². The Balaban J connectivity index is 1.39. The monoisotopic (exact) mass is 511 g/mol. The Morgan fingerprint density at radius 3 is 2.41 bits per heavy atom. The summed E-state index contributed by atoms with van der Waals surface area (Å²) in [5.41, 5.74) is 4.14. The number of nitrogens with zero attached hydrogens (tertiary/aromatic N) is 3. The van der Waals surface area contributed by atoms with Crippen LogP contribution in [0.1, 0.15) is 40.5 Å². The molecule has 4 aromatic rings. The fraction of sp³-hybridized carbons (Fsp3) is 0.200. The van der Waals surface area contributed by atoms with Crippen molar-refractivity contribution in [3.05, 3.63) is 113 Å². The molecule has 1 atom stereocenters. The lowest BCUT2D eigenvalue weighted by molar-refractivity contribution is -0.119. The quantitative estimate of drug-likeness (QED) is 0.325. The molecule has 2 aliphatic rings. The van der Waals surface area contributed by atoms with E-state index in [0.29, 0.717) is 16.3 Å². The van der Waals surface area contributed by atoms with Gasteiger partial charge in [0, 0.05) is 22.8 Å². The van der Waals surface area contributed by atoms with E-state index < -0.39 is 0 Å². The summed E-state index contributed by atoms with van der Waals surface area (Å²) in [4.78, 5) is 31.3. The molecule has 0 N–H and O–H groups in total. The third-order valence-corrected chi connectivity index (χ3v) is 7.28. The SMILES string of the molecule is COc1ccc(C(=O)N(CC(=O)N2c3ccccc3-n3cccc3[C@@H]2c2cccc(Cl)c2)C2CC2)cc1. The number of para-hydroxylation sites is 2. The Morgan fingerprint density at radius 1 is 0.946 bits per heavy atom. The number of hydrogen-bond donors (Lipinski definition) is 0. The maximum absolute atomic E-state index is 14.2. The van der Waals surface area contributed by atoms with Crippen LogP contribution in [0.2, 0.25) is 5.02 Å². The van der Waals surface area contributed by atoms with Crippen LogP contribution < -0.4 is 9.64 Å². The van der Waals surface area contributed by atoms with Gasteiger partial charge >= 0.3 is 0 Å². The van der Waals surface area contributed by atoms with E-state index in [1.54, 1.807) is 36.3 Å². The van der Waals surface area contributed by atoms with Gasteiger partial charge in [0.2, 0.25) is 5.91 Å². The molecule has 37 heavy (non-hydrogen) atoms. The van der Waals surface area contributed by atoms with Gasteiger partial charge < -0.3 is 14.2 Å². The van der Waals surface area contributed by atoms with Crippen LogP contribution in [0.5, 0.6) is 5.75 Å². The minimum atomic E-state index is -0.381. The van der Waals surface area contributed by atoms with Crippen LogP contribution in [0.25, 0.3) is 5.69 Å². The minimum absolute atomic E-state index is 0.0123. The Kier molecular flexibility index (Phi) is 5.97. The Labute approximate surface area is 220 Å². The smallest absolute Gasteiger partial charge is 0.254 e. The van der Waals surface area contributed by atoms with Crippen molar-refractivity contribution in [3.8, 4) is 11.4 Å². The first-order valence-corrected chi connectivity index (χ1v) is 12.7. The van der Waals surface area contributed by atoms with Gasteiger partial charge in [0.25, 0.3) is 5.91 Å². The van der Waals surface area contributed by atoms with Gasteiger partial charge in [-0.1, -0.05) is 35.9 Å². The number of hydrogen-bond acceptors (Lipinski definition) is 3. The maximum atomic E-state index is 14.2. The van der Waals surface area contributed by atoms with Crippen LogP contribution in [0.4, 0.5) is 5.69 Å². The van der Waals surface area contributed by atoms with Crippen LogP contribution in [0.15, 0.2) is 91.1 Å². The number of aromatic nitrogens is 1. The number of amides is 2. The number of methoxy groups -OCH3 is 1. The molecule has 0 saturated heterocycles. The summed E-state index contributed by atoms with van der Waals surface area (Å²) in [6, 6.07) is 26.2. The predicted octanol–water partition coefficient (Wildman–Crippen LogP) is 5.88. The summed E-state index contributed by atoms with van der Waals surface area (Å²) < 4.78 is 7.35. The molecule has 0 bridgehead atoms. The molecule has 1 aliphatic carbocycles. The molecule has 7 heteroatoms. The highest BCUT2D eigenvalue weighted by molar-refractivity contribution is 6.30. The highest BCUT2D eigenvalue weighted by atomic mass is 35.5. The van der Waals surface area contributed by atoms with Gasteiger partial charge in [-0.3, -0.25) is 14.5 Å². The van der Waals surface area contributed by atoms with Crippen LogP contribution in [0, 0.1) is 0 Å². The molecule has 0 unspecified atom stereocenters. The molecule has 1 aromatic heterocycles. The van der Waals surface area contributed by atoms with E-state index in [2.05, 4.69) is 4.57 Å². The molecular formula is C30H26ClN3O3. The molecule has 6 rings (SSSR count). The topological polar surface area (TPSA) is 54.8 Å². The van der Waals surface area contributed by atoms with Gasteiger partial charge in [0.15, 0.2) is 0 Å². The highest BCUT2D eigenvalue weighted by Crippen LogP contribution is 2.43. The number of ether oxygens (including phenoxy) is 1. The van der Waals surface area contributed by atoms with Gasteiger partial charge in [-0.15, -0.1) is 0 Å². The van der Waals surface area contributed by atoms with E-state index in [0.717, 1.165) is 35.5 Å². The van der Waals surface area contributed by atoms with Crippen molar-refractivity contribution in [3.63, 3.8) is 0 Å². The minimum Gasteiger partial charge on any atom is -0.497 e. The molecule has 1 fully saturated rings. The van der Waals surface area contributed by atoms with E-state index in [4.69, 9.17) is 16.3 Å². The standard InChI is InChI=1S/C30H26ClN3O3/c1-37-24-15-11-20(12-16-24)30(36)33(23-13-14-23)19-28(35)34-26-9-3-2-8-25(26)32-17-5-10-27(32)29(34)21-6-4-7-22(31)18-21/h2-12,15-18,23,29H,13-14,19H2,1H3/t29-/m0/s1. The average Bonchev–Trinajstić information content (AvgIpc) is 3.65. The van der Waals surface area contributed by atoms with Crippen molar-refractivity contribution >= 4 is 29.1 Å². The van der Waals surface area contributed by atoms with Crippen LogP contribution >= 0.6 is 11.6 Å². The second-order valence-electron chi connectivity index (χ2n) is 9.41. The number of anilines is 1. The second kappa shape index (κ2) is 9.45. The van der Waals surface area contributed by atoms with Gasteiger partial charge in [0.1, 0.15) is 18.3 Å². The zero-order chi connectivity index (χ0) is 25.5. The van der Waals surface area contributed by atoms with Gasteiger partial charge in [-0.05, 0) is 79.1 Å². The molecule has 0 spiro atoms. The molecule has 0 radical (unpaired) electrons. The molecule has 6 nitrogen and oxygen atoms in total. The van der Waals surface area contributed by atoms with Crippen molar-refractivity contribution in [2.75, 3.05) is 18.6 Å². The maximum Gasteiger partial charge on any atom is 0.254 e. The zero-order valence-electron chi connectivity index (χ0n) is 20.4. The van der Waals surface area contributed by atoms with Crippen LogP contribution in [0.3, 0.4) is 0 Å². The van der Waals surface area contributed by atoms with E-state index >= 15 is 0 Å². The Bertz CT molecular complexity index is 1480. The van der Waals surface area contributed by atoms with Crippen molar-refractivity contribution in [2.45, 2.75) is 24.9 Å². The molecule has 1 saturated carbocycles. The number of benzene rings is 3. The van der Waals surface area contributed by atoms with Crippen molar-refractivity contribution < 1.29 is 14.3 Å². The molecule has 1 aliphatic heterocycles. The predicted molar refractivity (Wildman–Crippen MR) is 144 cm³/mol. The Hall–Kier alpha value is -4.03. The fourth-order valence-corrected chi connectivity index (χ4v) is 5.33. The zero-order valence-corrected chi connectivity index (χ0v) is 21.1. The summed E-state index contributed by atoms with van der Waals surface area (Å²) in [7, 11) is 1.59. The van der Waals surface area contributed by atoms with E-state index in [9.17, 15) is 9.59 Å². The van der Waals surface area contributed by atoms with Crippen LogP contribution in [-0.2, 0) is 4.79 Å². The lowest BCUT2D eigenvalue weighted by atomic mass is 9.97. The first-order valence-electron chi connectivity index (χ1n) is 12.3. The summed E-state index contributed by atoms with van der Waals surface area (Å²) in [5, 5.41) is 0.608.